The maximum absolute atomic E-state index is 13.6. The average Bonchev–Trinajstić information content (AvgIpc) is 2.63. The van der Waals surface area contributed by atoms with E-state index in [1.165, 1.54) is 17.4 Å². The molecule has 0 aliphatic heterocycles. The van der Waals surface area contributed by atoms with Crippen molar-refractivity contribution in [1.29, 1.82) is 0 Å². The summed E-state index contributed by atoms with van der Waals surface area (Å²) in [4.78, 5) is 2.02. The molecule has 18 heavy (non-hydrogen) atoms. The van der Waals surface area contributed by atoms with E-state index >= 15 is 0 Å². The number of aliphatic hydroxyl groups excluding tert-OH is 1. The minimum atomic E-state index is -0.710. The summed E-state index contributed by atoms with van der Waals surface area (Å²) in [6.45, 7) is 3.94. The van der Waals surface area contributed by atoms with E-state index in [9.17, 15) is 9.50 Å². The molecule has 0 aliphatic rings. The van der Waals surface area contributed by atoms with Crippen molar-refractivity contribution in [3.63, 3.8) is 0 Å². The number of halogens is 2. The van der Waals surface area contributed by atoms with Crippen LogP contribution in [0.2, 0.25) is 5.02 Å². The van der Waals surface area contributed by atoms with Gasteiger partial charge in [-0.1, -0.05) is 17.7 Å². The first-order valence-corrected chi connectivity index (χ1v) is 6.86. The molecular formula is C14H14ClFOS. The molecule has 0 saturated carbocycles. The Labute approximate surface area is 115 Å². The lowest BCUT2D eigenvalue weighted by atomic mass is 10.0. The lowest BCUT2D eigenvalue weighted by Crippen LogP contribution is -2.03. The van der Waals surface area contributed by atoms with Crippen LogP contribution in [0.1, 0.15) is 27.0 Å². The van der Waals surface area contributed by atoms with Gasteiger partial charge in [-0.3, -0.25) is 0 Å². The first-order valence-electron chi connectivity index (χ1n) is 5.67. The molecule has 0 fully saturated rings. The predicted molar refractivity (Wildman–Crippen MR) is 73.9 cm³/mol. The van der Waals surface area contributed by atoms with Gasteiger partial charge < -0.3 is 5.11 Å². The maximum atomic E-state index is 13.6. The molecule has 2 aromatic rings. The van der Waals surface area contributed by atoms with Gasteiger partial charge in [0, 0.05) is 26.8 Å². The quantitative estimate of drug-likeness (QED) is 0.884. The number of benzene rings is 1. The topological polar surface area (TPSA) is 20.2 Å². The summed E-state index contributed by atoms with van der Waals surface area (Å²) in [6, 6.07) is 6.58. The van der Waals surface area contributed by atoms with Crippen LogP contribution in [0.25, 0.3) is 0 Å². The third-order valence-corrected chi connectivity index (χ3v) is 4.45. The second-order valence-corrected chi connectivity index (χ2v) is 6.02. The first-order chi connectivity index (χ1) is 8.49. The van der Waals surface area contributed by atoms with E-state index in [0.29, 0.717) is 10.6 Å². The molecule has 0 bridgehead atoms. The van der Waals surface area contributed by atoms with E-state index in [1.807, 2.05) is 19.9 Å². The fourth-order valence-electron chi connectivity index (χ4n) is 2.00. The first kappa shape index (κ1) is 13.5. The van der Waals surface area contributed by atoms with E-state index in [2.05, 4.69) is 0 Å². The molecule has 4 heteroatoms. The van der Waals surface area contributed by atoms with E-state index in [4.69, 9.17) is 11.6 Å². The minimum Gasteiger partial charge on any atom is -0.387 e. The van der Waals surface area contributed by atoms with E-state index in [-0.39, 0.29) is 12.2 Å². The third-order valence-electron chi connectivity index (χ3n) is 2.84. The zero-order chi connectivity index (χ0) is 13.3. The van der Waals surface area contributed by atoms with Crippen molar-refractivity contribution in [2.24, 2.45) is 0 Å². The van der Waals surface area contributed by atoms with Crippen LogP contribution in [0.4, 0.5) is 4.39 Å². The second kappa shape index (κ2) is 5.39. The van der Waals surface area contributed by atoms with Crippen molar-refractivity contribution in [3.8, 4) is 0 Å². The Morgan fingerprint density at radius 1 is 1.39 bits per heavy atom. The fourth-order valence-corrected chi connectivity index (χ4v) is 3.27. The normalized spacial score (nSPS) is 12.7. The van der Waals surface area contributed by atoms with Crippen LogP contribution in [0.15, 0.2) is 24.3 Å². The van der Waals surface area contributed by atoms with Crippen LogP contribution in [0, 0.1) is 19.7 Å². The highest BCUT2D eigenvalue weighted by molar-refractivity contribution is 7.12. The second-order valence-electron chi connectivity index (χ2n) is 4.32. The Bertz CT molecular complexity index is 545. The zero-order valence-corrected chi connectivity index (χ0v) is 11.8. The maximum Gasteiger partial charge on any atom is 0.127 e. The summed E-state index contributed by atoms with van der Waals surface area (Å²) in [6.07, 6.45) is -0.509. The Morgan fingerprint density at radius 3 is 2.67 bits per heavy atom. The number of rotatable bonds is 3. The van der Waals surface area contributed by atoms with Crippen molar-refractivity contribution in [2.75, 3.05) is 0 Å². The molecule has 1 N–H and O–H groups in total. The highest BCUT2D eigenvalue weighted by Gasteiger charge is 2.17. The number of thiophene rings is 1. The van der Waals surface area contributed by atoms with Crippen molar-refractivity contribution < 1.29 is 9.50 Å². The highest BCUT2D eigenvalue weighted by Crippen LogP contribution is 2.31. The monoisotopic (exact) mass is 284 g/mol. The van der Waals surface area contributed by atoms with Gasteiger partial charge in [0.1, 0.15) is 5.82 Å². The van der Waals surface area contributed by atoms with Crippen molar-refractivity contribution >= 4 is 22.9 Å². The number of aliphatic hydroxyl groups is 1. The molecule has 0 aliphatic carbocycles. The lowest BCUT2D eigenvalue weighted by molar-refractivity contribution is 0.180. The Morgan fingerprint density at radius 2 is 2.11 bits per heavy atom. The van der Waals surface area contributed by atoms with Gasteiger partial charge in [0.15, 0.2) is 0 Å². The highest BCUT2D eigenvalue weighted by atomic mass is 35.5. The standard InChI is InChI=1S/C14H14ClFOS/c1-8-6-9(2)18-14(8)13(17)7-10-11(15)4-3-5-12(10)16/h3-6,13,17H,7H2,1-2H3. The Balaban J connectivity index is 2.26. The largest absolute Gasteiger partial charge is 0.387 e. The molecule has 1 aromatic heterocycles. The molecular weight excluding hydrogens is 271 g/mol. The molecule has 1 atom stereocenters. The SMILES string of the molecule is Cc1cc(C)c(C(O)Cc2c(F)cccc2Cl)s1. The number of hydrogen-bond acceptors (Lipinski definition) is 2. The van der Waals surface area contributed by atoms with Crippen LogP contribution in [0.5, 0.6) is 0 Å². The van der Waals surface area contributed by atoms with Gasteiger partial charge in [0.05, 0.1) is 6.10 Å². The van der Waals surface area contributed by atoms with Crippen molar-refractivity contribution in [3.05, 3.63) is 56.0 Å². The molecule has 1 nitrogen and oxygen atoms in total. The molecule has 96 valence electrons. The average molecular weight is 285 g/mol. The predicted octanol–water partition coefficient (Wildman–Crippen LogP) is 4.43. The number of hydrogen-bond donors (Lipinski definition) is 1. The summed E-state index contributed by atoms with van der Waals surface area (Å²) < 4.78 is 13.6. The molecule has 1 unspecified atom stereocenters. The van der Waals surface area contributed by atoms with Gasteiger partial charge >= 0.3 is 0 Å². The van der Waals surface area contributed by atoms with Crippen LogP contribution in [0.3, 0.4) is 0 Å². The van der Waals surface area contributed by atoms with Gasteiger partial charge in [-0.15, -0.1) is 11.3 Å². The van der Waals surface area contributed by atoms with Gasteiger partial charge in [0.25, 0.3) is 0 Å². The molecule has 0 spiro atoms. The zero-order valence-electron chi connectivity index (χ0n) is 10.2. The molecule has 1 heterocycles. The third kappa shape index (κ3) is 2.74. The summed E-state index contributed by atoms with van der Waals surface area (Å²) in [5.74, 6) is -0.368. The van der Waals surface area contributed by atoms with Crippen molar-refractivity contribution in [1.82, 2.24) is 0 Å². The van der Waals surface area contributed by atoms with Gasteiger partial charge in [0.2, 0.25) is 0 Å². The van der Waals surface area contributed by atoms with Crippen LogP contribution < -0.4 is 0 Å². The molecule has 0 radical (unpaired) electrons. The van der Waals surface area contributed by atoms with E-state index in [0.717, 1.165) is 15.3 Å². The van der Waals surface area contributed by atoms with E-state index in [1.54, 1.807) is 12.1 Å². The fraction of sp³-hybridized carbons (Fsp3) is 0.286. The summed E-state index contributed by atoms with van der Waals surface area (Å²) in [7, 11) is 0. The van der Waals surface area contributed by atoms with Gasteiger partial charge in [-0.05, 0) is 37.6 Å². The van der Waals surface area contributed by atoms with Crippen LogP contribution >= 0.6 is 22.9 Å². The Kier molecular flexibility index (Phi) is 4.05. The molecule has 0 amide bonds. The van der Waals surface area contributed by atoms with Crippen LogP contribution in [-0.4, -0.2) is 5.11 Å². The summed E-state index contributed by atoms with van der Waals surface area (Å²) in [5.41, 5.74) is 1.41. The number of aryl methyl sites for hydroxylation is 2. The lowest BCUT2D eigenvalue weighted by Gasteiger charge is -2.12. The van der Waals surface area contributed by atoms with Crippen LogP contribution in [-0.2, 0) is 6.42 Å². The van der Waals surface area contributed by atoms with Gasteiger partial charge in [-0.25, -0.2) is 4.39 Å². The molecule has 2 rings (SSSR count). The Hall–Kier alpha value is -0.900. The minimum absolute atomic E-state index is 0.201. The van der Waals surface area contributed by atoms with Crippen molar-refractivity contribution in [2.45, 2.75) is 26.4 Å². The summed E-state index contributed by atoms with van der Waals surface area (Å²) in [5, 5.41) is 10.6. The summed E-state index contributed by atoms with van der Waals surface area (Å²) >= 11 is 7.50. The smallest absolute Gasteiger partial charge is 0.127 e. The van der Waals surface area contributed by atoms with E-state index < -0.39 is 6.10 Å². The van der Waals surface area contributed by atoms with Gasteiger partial charge in [-0.2, -0.15) is 0 Å². The molecule has 0 saturated heterocycles. The molecule has 1 aromatic carbocycles.